The summed E-state index contributed by atoms with van der Waals surface area (Å²) >= 11 is 5.77. The van der Waals surface area contributed by atoms with Gasteiger partial charge in [-0.3, -0.25) is 9.59 Å². The zero-order valence-electron chi connectivity index (χ0n) is 16.1. The third kappa shape index (κ3) is 3.86. The number of nitrogens with zero attached hydrogens (tertiary/aromatic N) is 2. The number of aromatic nitrogens is 3. The van der Waals surface area contributed by atoms with E-state index < -0.39 is 34.4 Å². The number of aliphatic hydroxyl groups is 1. The largest absolute Gasteiger partial charge is 0.477 e. The van der Waals surface area contributed by atoms with Crippen molar-refractivity contribution >= 4 is 28.7 Å². The van der Waals surface area contributed by atoms with Gasteiger partial charge in [-0.05, 0) is 17.5 Å². The first-order valence-corrected chi connectivity index (χ1v) is 9.48. The van der Waals surface area contributed by atoms with Crippen LogP contribution in [0, 0.1) is 11.7 Å². The molecule has 3 N–H and O–H groups in total. The van der Waals surface area contributed by atoms with Crippen LogP contribution in [-0.2, 0) is 6.42 Å². The highest BCUT2D eigenvalue weighted by molar-refractivity contribution is 6.30. The Balaban J connectivity index is 2.30. The topological polar surface area (TPSA) is 125 Å². The molecular formula is C20H19ClFN3O5. The van der Waals surface area contributed by atoms with E-state index in [9.17, 15) is 29.0 Å². The van der Waals surface area contributed by atoms with Crippen LogP contribution < -0.4 is 11.0 Å². The average Bonchev–Trinajstić information content (AvgIpc) is 2.68. The number of halogens is 2. The number of aromatic carboxylic acids is 1. The van der Waals surface area contributed by atoms with Crippen LogP contribution in [-0.4, -0.2) is 37.3 Å². The molecular weight excluding hydrogens is 417 g/mol. The summed E-state index contributed by atoms with van der Waals surface area (Å²) in [6.07, 6.45) is 0.837. The molecule has 30 heavy (non-hydrogen) atoms. The monoisotopic (exact) mass is 435 g/mol. The van der Waals surface area contributed by atoms with Gasteiger partial charge < -0.3 is 19.8 Å². The van der Waals surface area contributed by atoms with Gasteiger partial charge >= 0.3 is 5.97 Å². The Bertz CT molecular complexity index is 1250. The molecule has 0 bridgehead atoms. The van der Waals surface area contributed by atoms with Crippen LogP contribution in [0.3, 0.4) is 0 Å². The molecule has 8 nitrogen and oxygen atoms in total. The number of pyridine rings is 1. The van der Waals surface area contributed by atoms with Crippen molar-refractivity contribution in [2.45, 2.75) is 26.3 Å². The fourth-order valence-electron chi connectivity index (χ4n) is 3.23. The fraction of sp³-hybridized carbons (Fsp3) is 0.300. The Labute approximate surface area is 174 Å². The van der Waals surface area contributed by atoms with E-state index in [2.05, 4.69) is 9.97 Å². The fourth-order valence-corrected chi connectivity index (χ4v) is 3.43. The number of hydrogen-bond acceptors (Lipinski definition) is 5. The molecule has 0 aliphatic carbocycles. The van der Waals surface area contributed by atoms with Crippen LogP contribution >= 0.6 is 11.6 Å². The Morgan fingerprint density at radius 3 is 2.63 bits per heavy atom. The van der Waals surface area contributed by atoms with Gasteiger partial charge in [-0.2, -0.15) is 0 Å². The smallest absolute Gasteiger partial charge is 0.341 e. The minimum atomic E-state index is -1.47. The van der Waals surface area contributed by atoms with Gasteiger partial charge in [0, 0.05) is 12.6 Å². The summed E-state index contributed by atoms with van der Waals surface area (Å²) in [4.78, 5) is 43.5. The molecule has 2 aromatic heterocycles. The maximum Gasteiger partial charge on any atom is 0.341 e. The van der Waals surface area contributed by atoms with Gasteiger partial charge in [0.2, 0.25) is 5.43 Å². The lowest BCUT2D eigenvalue weighted by Crippen LogP contribution is -2.29. The molecule has 0 amide bonds. The number of carboxylic acid groups (broad SMARTS) is 1. The predicted molar refractivity (Wildman–Crippen MR) is 109 cm³/mol. The summed E-state index contributed by atoms with van der Waals surface area (Å²) in [6, 6.07) is 3.69. The van der Waals surface area contributed by atoms with E-state index in [-0.39, 0.29) is 46.4 Å². The van der Waals surface area contributed by atoms with Gasteiger partial charge in [-0.25, -0.2) is 14.2 Å². The second kappa shape index (κ2) is 8.37. The first-order valence-electron chi connectivity index (χ1n) is 9.10. The number of aromatic amines is 1. The molecule has 1 aromatic carbocycles. The Hall–Kier alpha value is -3.04. The van der Waals surface area contributed by atoms with E-state index in [0.29, 0.717) is 0 Å². The summed E-state index contributed by atoms with van der Waals surface area (Å²) < 4.78 is 15.6. The Morgan fingerprint density at radius 1 is 1.33 bits per heavy atom. The van der Waals surface area contributed by atoms with E-state index in [1.54, 1.807) is 13.8 Å². The van der Waals surface area contributed by atoms with Gasteiger partial charge in [0.25, 0.3) is 5.56 Å². The van der Waals surface area contributed by atoms with Crippen LogP contribution in [0.2, 0.25) is 5.02 Å². The van der Waals surface area contributed by atoms with Crippen molar-refractivity contribution in [1.29, 1.82) is 0 Å². The molecule has 0 saturated heterocycles. The number of aliphatic hydroxyl groups excluding tert-OH is 1. The summed E-state index contributed by atoms with van der Waals surface area (Å²) in [6.45, 7) is 3.24. The van der Waals surface area contributed by atoms with Crippen molar-refractivity contribution in [3.8, 4) is 0 Å². The Kier molecular flexibility index (Phi) is 6.04. The zero-order chi connectivity index (χ0) is 22.2. The SMILES string of the molecule is CC(C)C(CO)n1cc(C(=O)O)c(=O)c2nc(Cc3cccc(Cl)c3F)c(=O)[nH]c21. The van der Waals surface area contributed by atoms with Crippen LogP contribution in [0.1, 0.15) is 41.5 Å². The lowest BCUT2D eigenvalue weighted by Gasteiger charge is -2.24. The zero-order valence-corrected chi connectivity index (χ0v) is 16.9. The summed E-state index contributed by atoms with van der Waals surface area (Å²) in [5.41, 5.74) is -2.48. The first kappa shape index (κ1) is 21.7. The molecule has 3 aromatic rings. The van der Waals surface area contributed by atoms with E-state index in [4.69, 9.17) is 11.6 Å². The highest BCUT2D eigenvalue weighted by Gasteiger charge is 2.23. The van der Waals surface area contributed by atoms with Gasteiger partial charge in [0.15, 0.2) is 5.52 Å². The number of carboxylic acids is 1. The van der Waals surface area contributed by atoms with Crippen LogP contribution in [0.5, 0.6) is 0 Å². The maximum absolute atomic E-state index is 14.2. The molecule has 3 rings (SSSR count). The average molecular weight is 436 g/mol. The second-order valence-electron chi connectivity index (χ2n) is 7.18. The molecule has 0 saturated carbocycles. The predicted octanol–water partition coefficient (Wildman–Crippen LogP) is 2.36. The highest BCUT2D eigenvalue weighted by atomic mass is 35.5. The van der Waals surface area contributed by atoms with Gasteiger partial charge in [0.05, 0.1) is 17.7 Å². The number of nitrogens with one attached hydrogen (secondary N) is 1. The summed E-state index contributed by atoms with van der Waals surface area (Å²) in [5.74, 6) is -2.32. The van der Waals surface area contributed by atoms with Crippen molar-refractivity contribution in [3.05, 3.63) is 72.6 Å². The molecule has 2 heterocycles. The molecule has 0 aliphatic rings. The molecule has 0 spiro atoms. The molecule has 0 fully saturated rings. The quantitative estimate of drug-likeness (QED) is 0.545. The van der Waals surface area contributed by atoms with Crippen molar-refractivity contribution in [2.75, 3.05) is 6.61 Å². The Morgan fingerprint density at radius 2 is 2.03 bits per heavy atom. The van der Waals surface area contributed by atoms with E-state index >= 15 is 0 Å². The van der Waals surface area contributed by atoms with E-state index in [1.807, 2.05) is 0 Å². The highest BCUT2D eigenvalue weighted by Crippen LogP contribution is 2.22. The van der Waals surface area contributed by atoms with E-state index in [1.165, 1.54) is 22.8 Å². The van der Waals surface area contributed by atoms with Crippen LogP contribution in [0.25, 0.3) is 11.2 Å². The summed E-state index contributed by atoms with van der Waals surface area (Å²) in [7, 11) is 0. The van der Waals surface area contributed by atoms with Gasteiger partial charge in [-0.15, -0.1) is 0 Å². The minimum absolute atomic E-state index is 0.0157. The minimum Gasteiger partial charge on any atom is -0.477 e. The number of fused-ring (bicyclic) bond motifs is 1. The molecule has 0 radical (unpaired) electrons. The maximum atomic E-state index is 14.2. The lowest BCUT2D eigenvalue weighted by molar-refractivity contribution is 0.0694. The van der Waals surface area contributed by atoms with Gasteiger partial charge in [-0.1, -0.05) is 37.6 Å². The second-order valence-corrected chi connectivity index (χ2v) is 7.59. The molecule has 158 valence electrons. The molecule has 10 heteroatoms. The number of benzene rings is 1. The standard InChI is InChI=1S/C20H19ClFN3O5/c1-9(2)14(8-26)25-7-11(20(29)30)17(27)16-18(25)24-19(28)13(23-16)6-10-4-3-5-12(21)15(10)22/h3-5,7,9,14,26H,6,8H2,1-2H3,(H,24,28)(H,29,30). The number of carbonyl (C=O) groups is 1. The van der Waals surface area contributed by atoms with Crippen molar-refractivity contribution in [2.24, 2.45) is 5.92 Å². The molecule has 1 atom stereocenters. The first-order chi connectivity index (χ1) is 14.1. The third-order valence-corrected chi connectivity index (χ3v) is 5.18. The van der Waals surface area contributed by atoms with Crippen molar-refractivity contribution in [1.82, 2.24) is 14.5 Å². The third-order valence-electron chi connectivity index (χ3n) is 4.88. The lowest BCUT2D eigenvalue weighted by atomic mass is 10.0. The normalized spacial score (nSPS) is 12.5. The van der Waals surface area contributed by atoms with E-state index in [0.717, 1.165) is 6.20 Å². The number of hydrogen-bond donors (Lipinski definition) is 3. The van der Waals surface area contributed by atoms with Crippen molar-refractivity contribution in [3.63, 3.8) is 0 Å². The van der Waals surface area contributed by atoms with Crippen LogP contribution in [0.15, 0.2) is 34.0 Å². The molecule has 1 unspecified atom stereocenters. The number of H-pyrrole nitrogens is 1. The van der Waals surface area contributed by atoms with Crippen molar-refractivity contribution < 1.29 is 19.4 Å². The number of rotatable bonds is 6. The van der Waals surface area contributed by atoms with Crippen LogP contribution in [0.4, 0.5) is 4.39 Å². The molecule has 0 aliphatic heterocycles. The van der Waals surface area contributed by atoms with Gasteiger partial charge in [0.1, 0.15) is 22.7 Å². The summed E-state index contributed by atoms with van der Waals surface area (Å²) in [5, 5.41) is 19.1.